The van der Waals surface area contributed by atoms with Crippen LogP contribution in [0.4, 0.5) is 17.6 Å². The number of alkyl halides is 2. The molecule has 0 amide bonds. The highest BCUT2D eigenvalue weighted by Crippen LogP contribution is 2.46. The summed E-state index contributed by atoms with van der Waals surface area (Å²) in [5.41, 5.74) is 1.07. The third kappa shape index (κ3) is 7.84. The van der Waals surface area contributed by atoms with E-state index in [-0.39, 0.29) is 12.0 Å². The summed E-state index contributed by atoms with van der Waals surface area (Å²) in [5, 5.41) is 0. The summed E-state index contributed by atoms with van der Waals surface area (Å²) >= 11 is 0. The third-order valence-corrected chi connectivity index (χ3v) is 9.68. The average molecular weight is 577 g/mol. The van der Waals surface area contributed by atoms with Crippen molar-refractivity contribution >= 4 is 0 Å². The van der Waals surface area contributed by atoms with Gasteiger partial charge in [-0.25, -0.2) is 8.78 Å². The third-order valence-electron chi connectivity index (χ3n) is 9.68. The van der Waals surface area contributed by atoms with Crippen LogP contribution >= 0.6 is 0 Å². The molecule has 0 atom stereocenters. The second kappa shape index (κ2) is 13.9. The van der Waals surface area contributed by atoms with Crippen molar-refractivity contribution in [1.29, 1.82) is 0 Å². The molecule has 41 heavy (non-hydrogen) atoms. The molecule has 226 valence electrons. The van der Waals surface area contributed by atoms with Crippen molar-refractivity contribution in [3.05, 3.63) is 54.1 Å². The first-order chi connectivity index (χ1) is 19.8. The van der Waals surface area contributed by atoms with E-state index in [2.05, 4.69) is 6.92 Å². The molecule has 2 aromatic carbocycles. The largest absolute Gasteiger partial charge is 0.432 e. The predicted molar refractivity (Wildman–Crippen MR) is 152 cm³/mol. The number of ether oxygens (including phenoxy) is 3. The van der Waals surface area contributed by atoms with E-state index in [1.807, 2.05) is 0 Å². The molecule has 3 aliphatic rings. The molecule has 0 bridgehead atoms. The maximum atomic E-state index is 15.1. The molecule has 2 saturated carbocycles. The fraction of sp³-hybridized carbons (Fsp3) is 0.647. The Morgan fingerprint density at radius 2 is 1.32 bits per heavy atom. The van der Waals surface area contributed by atoms with Crippen molar-refractivity contribution < 1.29 is 31.8 Å². The topological polar surface area (TPSA) is 27.7 Å². The summed E-state index contributed by atoms with van der Waals surface area (Å²) in [7, 11) is 0. The summed E-state index contributed by atoms with van der Waals surface area (Å²) < 4.78 is 74.4. The molecule has 1 aliphatic heterocycles. The smallest absolute Gasteiger partial charge is 0.400 e. The molecule has 3 nitrogen and oxygen atoms in total. The summed E-state index contributed by atoms with van der Waals surface area (Å²) in [5.74, 6) is -0.549. The zero-order valence-electron chi connectivity index (χ0n) is 24.1. The molecule has 1 saturated heterocycles. The van der Waals surface area contributed by atoms with Gasteiger partial charge in [0.1, 0.15) is 5.75 Å². The summed E-state index contributed by atoms with van der Waals surface area (Å²) in [6.45, 7) is 3.85. The van der Waals surface area contributed by atoms with E-state index in [9.17, 15) is 8.78 Å². The normalized spacial score (nSPS) is 29.3. The summed E-state index contributed by atoms with van der Waals surface area (Å²) in [6.07, 6.45) is 8.59. The van der Waals surface area contributed by atoms with Crippen LogP contribution in [0, 0.1) is 41.2 Å². The van der Waals surface area contributed by atoms with E-state index in [1.54, 1.807) is 12.1 Å². The van der Waals surface area contributed by atoms with E-state index in [0.29, 0.717) is 47.6 Å². The SMILES string of the molecule is CCCCCC1COC(C2CCC(C3CCC(C(F)(F)Oc4ccc(-c5ccc(F)c(F)c5)cc4)CC3)CC2)OC1. The number of benzene rings is 2. The Labute approximate surface area is 242 Å². The molecule has 1 heterocycles. The highest BCUT2D eigenvalue weighted by Gasteiger charge is 2.45. The minimum atomic E-state index is -3.25. The molecular weight excluding hydrogens is 532 g/mol. The average Bonchev–Trinajstić information content (AvgIpc) is 2.99. The zero-order chi connectivity index (χ0) is 28.8. The van der Waals surface area contributed by atoms with Gasteiger partial charge in [0.25, 0.3) is 0 Å². The predicted octanol–water partition coefficient (Wildman–Crippen LogP) is 9.79. The number of rotatable bonds is 10. The lowest BCUT2D eigenvalue weighted by Crippen LogP contribution is -2.40. The summed E-state index contributed by atoms with van der Waals surface area (Å²) in [6, 6.07) is 9.68. The van der Waals surface area contributed by atoms with Crippen molar-refractivity contribution in [2.75, 3.05) is 13.2 Å². The minimum absolute atomic E-state index is 0.0706. The van der Waals surface area contributed by atoms with E-state index in [4.69, 9.17) is 14.2 Å². The van der Waals surface area contributed by atoms with Crippen LogP contribution in [-0.4, -0.2) is 25.6 Å². The molecule has 0 unspecified atom stereocenters. The quantitative estimate of drug-likeness (QED) is 0.208. The van der Waals surface area contributed by atoms with Crippen molar-refractivity contribution in [1.82, 2.24) is 0 Å². The van der Waals surface area contributed by atoms with Gasteiger partial charge in [-0.15, -0.1) is 0 Å². The zero-order valence-corrected chi connectivity index (χ0v) is 24.1. The molecule has 0 radical (unpaired) electrons. The van der Waals surface area contributed by atoms with Gasteiger partial charge in [-0.2, -0.15) is 8.78 Å². The van der Waals surface area contributed by atoms with Crippen LogP contribution in [0.3, 0.4) is 0 Å². The first kappa shape index (κ1) is 30.3. The molecule has 3 fully saturated rings. The minimum Gasteiger partial charge on any atom is -0.432 e. The van der Waals surface area contributed by atoms with Crippen LogP contribution in [0.5, 0.6) is 5.75 Å². The van der Waals surface area contributed by atoms with Gasteiger partial charge in [0, 0.05) is 11.8 Å². The van der Waals surface area contributed by atoms with Gasteiger partial charge in [-0.05, 0) is 105 Å². The van der Waals surface area contributed by atoms with Crippen LogP contribution < -0.4 is 4.74 Å². The van der Waals surface area contributed by atoms with Crippen molar-refractivity contribution in [3.63, 3.8) is 0 Å². The van der Waals surface area contributed by atoms with Gasteiger partial charge in [0.15, 0.2) is 17.9 Å². The second-order valence-electron chi connectivity index (χ2n) is 12.5. The molecule has 0 aromatic heterocycles. The van der Waals surface area contributed by atoms with Gasteiger partial charge in [-0.1, -0.05) is 44.4 Å². The lowest BCUT2D eigenvalue weighted by molar-refractivity contribution is -0.232. The van der Waals surface area contributed by atoms with Crippen molar-refractivity contribution in [2.24, 2.45) is 29.6 Å². The van der Waals surface area contributed by atoms with Gasteiger partial charge >= 0.3 is 6.11 Å². The van der Waals surface area contributed by atoms with E-state index in [1.165, 1.54) is 43.9 Å². The highest BCUT2D eigenvalue weighted by molar-refractivity contribution is 5.64. The second-order valence-corrected chi connectivity index (χ2v) is 12.5. The number of unbranched alkanes of at least 4 members (excludes halogenated alkanes) is 2. The summed E-state index contributed by atoms with van der Waals surface area (Å²) in [4.78, 5) is 0. The lowest BCUT2D eigenvalue weighted by atomic mass is 9.69. The highest BCUT2D eigenvalue weighted by atomic mass is 19.3. The monoisotopic (exact) mass is 576 g/mol. The maximum Gasteiger partial charge on any atom is 0.400 e. The Bertz CT molecular complexity index is 1080. The van der Waals surface area contributed by atoms with Crippen LogP contribution in [0.2, 0.25) is 0 Å². The Kier molecular flexibility index (Phi) is 10.3. The fourth-order valence-electron chi connectivity index (χ4n) is 7.13. The lowest BCUT2D eigenvalue weighted by Gasteiger charge is -2.41. The molecule has 2 aromatic rings. The van der Waals surface area contributed by atoms with E-state index in [0.717, 1.165) is 63.9 Å². The van der Waals surface area contributed by atoms with E-state index >= 15 is 8.78 Å². The van der Waals surface area contributed by atoms with Gasteiger partial charge in [-0.3, -0.25) is 0 Å². The van der Waals surface area contributed by atoms with Gasteiger partial charge < -0.3 is 14.2 Å². The van der Waals surface area contributed by atoms with Crippen LogP contribution in [0.25, 0.3) is 11.1 Å². The fourth-order valence-corrected chi connectivity index (χ4v) is 7.13. The van der Waals surface area contributed by atoms with Crippen LogP contribution in [-0.2, 0) is 9.47 Å². The van der Waals surface area contributed by atoms with Gasteiger partial charge in [0.2, 0.25) is 0 Å². The molecule has 0 N–H and O–H groups in total. The van der Waals surface area contributed by atoms with Crippen LogP contribution in [0.15, 0.2) is 42.5 Å². The van der Waals surface area contributed by atoms with Crippen LogP contribution in [0.1, 0.15) is 84.0 Å². The maximum absolute atomic E-state index is 15.1. The molecule has 2 aliphatic carbocycles. The Hall–Kier alpha value is -2.12. The Morgan fingerprint density at radius 1 is 0.732 bits per heavy atom. The molecular formula is C34H44F4O3. The molecule has 0 spiro atoms. The molecule has 7 heteroatoms. The Morgan fingerprint density at radius 3 is 1.93 bits per heavy atom. The van der Waals surface area contributed by atoms with E-state index < -0.39 is 23.7 Å². The van der Waals surface area contributed by atoms with Crippen molar-refractivity contribution in [2.45, 2.75) is 96.4 Å². The van der Waals surface area contributed by atoms with Crippen molar-refractivity contribution in [3.8, 4) is 16.9 Å². The van der Waals surface area contributed by atoms with Gasteiger partial charge in [0.05, 0.1) is 19.1 Å². The number of hydrogen-bond donors (Lipinski definition) is 0. The standard InChI is InChI=1S/C34H44F4O3/c1-2-3-4-5-23-21-39-33(40-22-23)27-8-6-24(7-9-27)25-10-15-29(16-11-25)34(37,38)41-30-17-12-26(13-18-30)28-14-19-31(35)32(36)20-28/h12-14,17-20,23-25,27,29,33H,2-11,15-16,21-22H2,1H3. The number of hydrogen-bond acceptors (Lipinski definition) is 3. The number of halogens is 4. The first-order valence-electron chi connectivity index (χ1n) is 15.7. The Balaban J connectivity index is 1.04. The molecule has 5 rings (SSSR count). The first-order valence-corrected chi connectivity index (χ1v) is 15.7.